The number of anilines is 1. The molecule has 0 bridgehead atoms. The number of rotatable bonds is 8. The molecule has 13 nitrogen and oxygen atoms in total. The number of aromatic hydroxyl groups is 1. The lowest BCUT2D eigenvalue weighted by Crippen LogP contribution is -3.16. The molecule has 4 aromatic heterocycles. The molecule has 7 aliphatic rings. The van der Waals surface area contributed by atoms with Gasteiger partial charge in [-0.1, -0.05) is 6.92 Å². The van der Waals surface area contributed by atoms with E-state index in [0.717, 1.165) is 0 Å². The number of pyridine rings is 2. The van der Waals surface area contributed by atoms with Crippen LogP contribution < -0.4 is 20.4 Å². The van der Waals surface area contributed by atoms with Gasteiger partial charge >= 0.3 is 6.18 Å². The maximum atomic E-state index is 14.4. The molecule has 17 heteroatoms. The van der Waals surface area contributed by atoms with E-state index in [1.165, 1.54) is 24.8 Å². The van der Waals surface area contributed by atoms with E-state index < -0.39 is 23.0 Å². The molecule has 11 rings (SSSR count). The fraction of sp³-hybridized carbons (Fsp3) is 0.514. The van der Waals surface area contributed by atoms with Crippen LogP contribution in [0.4, 0.5) is 18.9 Å². The van der Waals surface area contributed by atoms with Gasteiger partial charge in [-0.2, -0.15) is 13.2 Å². The van der Waals surface area contributed by atoms with Crippen LogP contribution in [0.2, 0.25) is 0 Å². The highest BCUT2D eigenvalue weighted by molar-refractivity contribution is 7.21. The van der Waals surface area contributed by atoms with Crippen molar-refractivity contribution >= 4 is 39.2 Å². The highest BCUT2D eigenvalue weighted by Gasteiger charge is 3.14. The van der Waals surface area contributed by atoms with Gasteiger partial charge in [-0.25, -0.2) is 19.9 Å². The number of piperazine rings is 1. The first kappa shape index (κ1) is 31.9. The molecular formula is C35H33F3N8O5S. The number of nitrogens with zero attached hydrogens (tertiary/aromatic N) is 7. The number of aryl methyl sites for hydroxylation is 1. The van der Waals surface area contributed by atoms with Gasteiger partial charge in [0.15, 0.2) is 17.1 Å². The standard InChI is InChI=1S/C35H33F3N8O5S/c1-4-16-26(44-7-9-45(10-8-44)32(50)25-27(48)14(2)40-13-41-25)28(49)29-30(42-31(52-29)15-5-6-39-18(11-15)51-3)46(16)12-17(47)43-34-22-19-23(34)21-24(34)20(22)33(19,21)35(36,37)38/h5-6,11,13,19-24,48H,4,7-10,12H2,1-3H3,(H,43,47). The molecule has 4 aromatic rings. The molecule has 270 valence electrons. The van der Waals surface area contributed by atoms with Crippen LogP contribution in [0.25, 0.3) is 20.9 Å². The molecule has 0 unspecified atom stereocenters. The Morgan fingerprint density at radius 1 is 1.08 bits per heavy atom. The van der Waals surface area contributed by atoms with Crippen molar-refractivity contribution in [1.29, 1.82) is 0 Å². The Kier molecular flexibility index (Phi) is 6.26. The van der Waals surface area contributed by atoms with Crippen LogP contribution in [0.1, 0.15) is 28.8 Å². The van der Waals surface area contributed by atoms with E-state index in [-0.39, 0.29) is 77.9 Å². The first-order chi connectivity index (χ1) is 24.9. The normalized spacial score (nSPS) is 31.5. The van der Waals surface area contributed by atoms with Crippen LogP contribution in [-0.4, -0.2) is 91.3 Å². The monoisotopic (exact) mass is 734 g/mol. The summed E-state index contributed by atoms with van der Waals surface area (Å²) >= 11 is 1.20. The van der Waals surface area contributed by atoms with Crippen LogP contribution in [0.15, 0.2) is 29.5 Å². The molecular weight excluding hydrogens is 701 g/mol. The largest absolute Gasteiger partial charge is 0.504 e. The number of methoxy groups -OCH3 is 1. The zero-order valence-electron chi connectivity index (χ0n) is 28.3. The van der Waals surface area contributed by atoms with E-state index in [4.69, 9.17) is 9.72 Å². The molecule has 52 heavy (non-hydrogen) atoms. The topological polar surface area (TPSA) is 156 Å². The van der Waals surface area contributed by atoms with Crippen molar-refractivity contribution < 1.29 is 32.6 Å². The van der Waals surface area contributed by atoms with Gasteiger partial charge < -0.3 is 29.5 Å². The summed E-state index contributed by atoms with van der Waals surface area (Å²) in [5.41, 5.74) is 0.00148. The van der Waals surface area contributed by atoms with Crippen molar-refractivity contribution in [2.45, 2.75) is 38.5 Å². The van der Waals surface area contributed by atoms with Crippen LogP contribution >= 0.6 is 11.3 Å². The van der Waals surface area contributed by atoms with E-state index in [1.54, 1.807) is 34.7 Å². The fourth-order valence-electron chi connectivity index (χ4n) is 11.4. The van der Waals surface area contributed by atoms with Gasteiger partial charge in [-0.05, 0) is 54.9 Å². The number of carbonyl (C=O) groups excluding carboxylic acids is 2. The minimum atomic E-state index is -4.18. The lowest BCUT2D eigenvalue weighted by atomic mass is 8.94. The molecule has 1 saturated heterocycles. The zero-order valence-corrected chi connectivity index (χ0v) is 29.1. The van der Waals surface area contributed by atoms with Gasteiger partial charge in [0.25, 0.3) is 5.91 Å². The first-order valence-corrected chi connectivity index (χ1v) is 18.2. The summed E-state index contributed by atoms with van der Waals surface area (Å²) in [6.07, 6.45) is -0.986. The molecule has 6 aliphatic carbocycles. The number of ether oxygens (including phenoxy) is 1. The Morgan fingerprint density at radius 2 is 1.77 bits per heavy atom. The first-order valence-electron chi connectivity index (χ1n) is 17.4. The third kappa shape index (κ3) is 3.48. The van der Waals surface area contributed by atoms with Gasteiger partial charge in [0, 0.05) is 49.7 Å². The summed E-state index contributed by atoms with van der Waals surface area (Å²) in [5.74, 6) is -2.05. The predicted octanol–water partition coefficient (Wildman–Crippen LogP) is 3.03. The Hall–Kier alpha value is -4.80. The minimum Gasteiger partial charge on any atom is -0.504 e. The molecule has 0 radical (unpaired) electrons. The molecule has 0 aromatic carbocycles. The van der Waals surface area contributed by atoms with Crippen molar-refractivity contribution in [3.8, 4) is 22.2 Å². The number of hydrogen-bond donors (Lipinski definition) is 2. The summed E-state index contributed by atoms with van der Waals surface area (Å²) in [6, 6.07) is 3.48. The van der Waals surface area contributed by atoms with E-state index in [9.17, 15) is 32.7 Å². The van der Waals surface area contributed by atoms with Gasteiger partial charge in [0.2, 0.25) is 17.2 Å². The Labute approximate surface area is 297 Å². The molecule has 1 aliphatic heterocycles. The fourth-order valence-corrected chi connectivity index (χ4v) is 12.5. The van der Waals surface area contributed by atoms with Gasteiger partial charge in [-0.3, -0.25) is 14.4 Å². The van der Waals surface area contributed by atoms with Gasteiger partial charge in [-0.15, -0.1) is 11.3 Å². The second-order valence-electron chi connectivity index (χ2n) is 14.8. The number of hydrogen-bond acceptors (Lipinski definition) is 11. The number of aromatic nitrogens is 5. The number of halogens is 3. The third-order valence-electron chi connectivity index (χ3n) is 13.3. The molecule has 6 saturated carbocycles. The number of alkyl halides is 3. The van der Waals surface area contributed by atoms with E-state index in [1.807, 2.05) is 11.8 Å². The molecule has 7 fully saturated rings. The van der Waals surface area contributed by atoms with Crippen LogP contribution in [0, 0.1) is 47.8 Å². The smallest absolute Gasteiger partial charge is 0.395 e. The van der Waals surface area contributed by atoms with Gasteiger partial charge in [0.05, 0.1) is 23.8 Å². The SMILES string of the molecule is CCc1c(N2CCN(C(=O)c3ncnc(C)c3O)CC2)c(=O)c2sc(-c3ccnc(OC)c3)nc2n1CC(=O)NC12C3C4C1C1C2C3C41C(F)(F)F. The van der Waals surface area contributed by atoms with Crippen molar-refractivity contribution in [3.63, 3.8) is 0 Å². The average Bonchev–Trinajstić information content (AvgIpc) is 3.59. The van der Waals surface area contributed by atoms with Crippen LogP contribution in [0.3, 0.4) is 0 Å². The Morgan fingerprint density at radius 3 is 2.40 bits per heavy atom. The molecule has 0 atom stereocenters. The maximum Gasteiger partial charge on any atom is 0.395 e. The number of thiazole rings is 1. The second kappa shape index (κ2) is 10.2. The summed E-state index contributed by atoms with van der Waals surface area (Å²) < 4.78 is 49.3. The highest BCUT2D eigenvalue weighted by atomic mass is 32.1. The Balaban J connectivity index is 0.976. The molecule has 5 heterocycles. The summed E-state index contributed by atoms with van der Waals surface area (Å²) in [4.78, 5) is 62.2. The second-order valence-corrected chi connectivity index (χ2v) is 15.8. The van der Waals surface area contributed by atoms with E-state index >= 15 is 0 Å². The van der Waals surface area contributed by atoms with E-state index in [0.29, 0.717) is 63.4 Å². The number of nitrogens with one attached hydrogen (secondary N) is 1. The highest BCUT2D eigenvalue weighted by Crippen LogP contribution is 3.08. The zero-order chi connectivity index (χ0) is 36.2. The number of amides is 2. The molecule has 2 amide bonds. The van der Waals surface area contributed by atoms with Gasteiger partial charge in [0.1, 0.15) is 28.3 Å². The molecule has 0 spiro atoms. The summed E-state index contributed by atoms with van der Waals surface area (Å²) in [7, 11) is 1.50. The lowest BCUT2D eigenvalue weighted by Gasteiger charge is -3.10. The number of fused-ring (bicyclic) bond motifs is 1. The summed E-state index contributed by atoms with van der Waals surface area (Å²) in [6.45, 7) is 4.45. The molecule has 2 N–H and O–H groups in total. The summed E-state index contributed by atoms with van der Waals surface area (Å²) in [5, 5.41) is 14.2. The van der Waals surface area contributed by atoms with Crippen LogP contribution in [0.5, 0.6) is 11.6 Å². The van der Waals surface area contributed by atoms with Crippen molar-refractivity contribution in [2.75, 3.05) is 38.2 Å². The van der Waals surface area contributed by atoms with Crippen molar-refractivity contribution in [2.24, 2.45) is 40.9 Å². The van der Waals surface area contributed by atoms with Crippen molar-refractivity contribution in [1.82, 2.24) is 34.7 Å². The third-order valence-corrected chi connectivity index (χ3v) is 14.4. The predicted molar refractivity (Wildman–Crippen MR) is 180 cm³/mol. The maximum absolute atomic E-state index is 14.4. The quantitative estimate of drug-likeness (QED) is 0.276. The lowest BCUT2D eigenvalue weighted by molar-refractivity contribution is -0.663. The van der Waals surface area contributed by atoms with E-state index in [2.05, 4.69) is 20.3 Å². The minimum absolute atomic E-state index is 0.0837. The van der Waals surface area contributed by atoms with Crippen molar-refractivity contribution in [3.05, 3.63) is 52.0 Å². The average molecular weight is 735 g/mol. The number of carbonyl (C=O) groups is 2. The van der Waals surface area contributed by atoms with Crippen LogP contribution in [-0.2, 0) is 17.8 Å². The Bertz CT molecular complexity index is 2260.